The zero-order chi connectivity index (χ0) is 13.5. The van der Waals surface area contributed by atoms with E-state index in [9.17, 15) is 4.79 Å². The Morgan fingerprint density at radius 2 is 2.16 bits per heavy atom. The minimum Gasteiger partial charge on any atom is -0.494 e. The number of nitrogens with zero attached hydrogens (tertiary/aromatic N) is 1. The van der Waals surface area contributed by atoms with Crippen LogP contribution < -0.4 is 4.74 Å². The molecule has 0 bridgehead atoms. The molecule has 0 saturated carbocycles. The lowest BCUT2D eigenvalue weighted by molar-refractivity contribution is -0.130. The van der Waals surface area contributed by atoms with Gasteiger partial charge in [-0.2, -0.15) is 0 Å². The van der Waals surface area contributed by atoms with E-state index in [2.05, 4.69) is 0 Å². The van der Waals surface area contributed by atoms with Crippen LogP contribution in [0, 0.1) is 0 Å². The van der Waals surface area contributed by atoms with Crippen LogP contribution in [0.25, 0.3) is 0 Å². The maximum absolute atomic E-state index is 11.9. The SMILES string of the molecule is COC1CCN(C(=O)CCCOc2ccccc2)C1. The molecule has 104 valence electrons. The first-order chi connectivity index (χ1) is 9.29. The van der Waals surface area contributed by atoms with Gasteiger partial charge in [-0.1, -0.05) is 18.2 Å². The standard InChI is InChI=1S/C15H21NO3/c1-18-14-9-10-16(12-14)15(17)8-5-11-19-13-6-3-2-4-7-13/h2-4,6-7,14H,5,8-12H2,1H3. The van der Waals surface area contributed by atoms with Gasteiger partial charge >= 0.3 is 0 Å². The Labute approximate surface area is 114 Å². The van der Waals surface area contributed by atoms with Crippen molar-refractivity contribution in [2.75, 3.05) is 26.8 Å². The summed E-state index contributed by atoms with van der Waals surface area (Å²) < 4.78 is 10.8. The number of benzene rings is 1. The molecule has 1 unspecified atom stereocenters. The Bertz CT molecular complexity index is 394. The Morgan fingerprint density at radius 3 is 2.84 bits per heavy atom. The maximum Gasteiger partial charge on any atom is 0.222 e. The summed E-state index contributed by atoms with van der Waals surface area (Å²) >= 11 is 0. The summed E-state index contributed by atoms with van der Waals surface area (Å²) in [5, 5.41) is 0. The topological polar surface area (TPSA) is 38.8 Å². The van der Waals surface area contributed by atoms with E-state index in [0.717, 1.165) is 31.7 Å². The predicted octanol–water partition coefficient (Wildman–Crippen LogP) is 2.09. The van der Waals surface area contributed by atoms with E-state index in [1.807, 2.05) is 35.2 Å². The second-order valence-electron chi connectivity index (χ2n) is 4.75. The molecule has 0 aliphatic carbocycles. The predicted molar refractivity (Wildman–Crippen MR) is 73.2 cm³/mol. The van der Waals surface area contributed by atoms with Gasteiger partial charge in [-0.25, -0.2) is 0 Å². The van der Waals surface area contributed by atoms with Crippen LogP contribution in [-0.4, -0.2) is 43.7 Å². The first-order valence-corrected chi connectivity index (χ1v) is 6.78. The summed E-state index contributed by atoms with van der Waals surface area (Å²) in [6, 6.07) is 9.68. The average molecular weight is 263 g/mol. The fourth-order valence-corrected chi connectivity index (χ4v) is 2.24. The normalized spacial score (nSPS) is 18.6. The molecule has 0 N–H and O–H groups in total. The number of amides is 1. The van der Waals surface area contributed by atoms with Gasteiger partial charge in [0.25, 0.3) is 0 Å². The number of hydrogen-bond acceptors (Lipinski definition) is 3. The number of carbonyl (C=O) groups is 1. The quantitative estimate of drug-likeness (QED) is 0.738. The molecule has 1 aromatic rings. The molecule has 1 amide bonds. The van der Waals surface area contributed by atoms with E-state index >= 15 is 0 Å². The van der Waals surface area contributed by atoms with Gasteiger partial charge in [-0.3, -0.25) is 4.79 Å². The molecule has 1 aromatic carbocycles. The number of ether oxygens (including phenoxy) is 2. The van der Waals surface area contributed by atoms with Gasteiger partial charge in [-0.05, 0) is 25.0 Å². The minimum atomic E-state index is 0.205. The molecular weight excluding hydrogens is 242 g/mol. The van der Waals surface area contributed by atoms with Crippen molar-refractivity contribution in [1.82, 2.24) is 4.90 Å². The summed E-state index contributed by atoms with van der Waals surface area (Å²) in [7, 11) is 1.70. The number of rotatable bonds is 6. The molecule has 0 radical (unpaired) electrons. The lowest BCUT2D eigenvalue weighted by Gasteiger charge is -2.16. The van der Waals surface area contributed by atoms with Crippen molar-refractivity contribution in [1.29, 1.82) is 0 Å². The molecule has 2 rings (SSSR count). The first-order valence-electron chi connectivity index (χ1n) is 6.78. The van der Waals surface area contributed by atoms with Crippen LogP contribution in [0.4, 0.5) is 0 Å². The molecular formula is C15H21NO3. The zero-order valence-corrected chi connectivity index (χ0v) is 11.4. The molecule has 1 saturated heterocycles. The van der Waals surface area contributed by atoms with Crippen LogP contribution in [0.15, 0.2) is 30.3 Å². The van der Waals surface area contributed by atoms with Crippen molar-refractivity contribution in [3.63, 3.8) is 0 Å². The van der Waals surface area contributed by atoms with E-state index in [0.29, 0.717) is 13.0 Å². The lowest BCUT2D eigenvalue weighted by atomic mass is 10.3. The second kappa shape index (κ2) is 7.14. The minimum absolute atomic E-state index is 0.205. The van der Waals surface area contributed by atoms with Gasteiger partial charge in [0.15, 0.2) is 0 Å². The van der Waals surface area contributed by atoms with Crippen molar-refractivity contribution in [3.05, 3.63) is 30.3 Å². The molecule has 1 fully saturated rings. The van der Waals surface area contributed by atoms with Crippen LogP contribution in [-0.2, 0) is 9.53 Å². The number of para-hydroxylation sites is 1. The number of likely N-dealkylation sites (tertiary alicyclic amines) is 1. The van der Waals surface area contributed by atoms with Crippen molar-refractivity contribution < 1.29 is 14.3 Å². The van der Waals surface area contributed by atoms with Gasteiger partial charge in [0.2, 0.25) is 5.91 Å². The monoisotopic (exact) mass is 263 g/mol. The average Bonchev–Trinajstić information content (AvgIpc) is 2.93. The van der Waals surface area contributed by atoms with Crippen molar-refractivity contribution >= 4 is 5.91 Å². The number of methoxy groups -OCH3 is 1. The number of carbonyl (C=O) groups excluding carboxylic acids is 1. The first kappa shape index (κ1) is 13.9. The molecule has 1 atom stereocenters. The van der Waals surface area contributed by atoms with Gasteiger partial charge in [0.1, 0.15) is 5.75 Å². The van der Waals surface area contributed by atoms with Crippen molar-refractivity contribution in [2.45, 2.75) is 25.4 Å². The smallest absolute Gasteiger partial charge is 0.222 e. The third-order valence-corrected chi connectivity index (χ3v) is 3.38. The van der Waals surface area contributed by atoms with E-state index in [1.54, 1.807) is 7.11 Å². The third kappa shape index (κ3) is 4.24. The largest absolute Gasteiger partial charge is 0.494 e. The van der Waals surface area contributed by atoms with Crippen LogP contribution in [0.5, 0.6) is 5.75 Å². The Hall–Kier alpha value is -1.55. The van der Waals surface area contributed by atoms with E-state index < -0.39 is 0 Å². The fourth-order valence-electron chi connectivity index (χ4n) is 2.24. The summed E-state index contributed by atoms with van der Waals surface area (Å²) in [4.78, 5) is 13.8. The summed E-state index contributed by atoms with van der Waals surface area (Å²) in [6.45, 7) is 2.13. The summed E-state index contributed by atoms with van der Waals surface area (Å²) in [6.07, 6.45) is 2.46. The van der Waals surface area contributed by atoms with E-state index in [1.165, 1.54) is 0 Å². The molecule has 1 heterocycles. The van der Waals surface area contributed by atoms with Crippen LogP contribution in [0.3, 0.4) is 0 Å². The zero-order valence-electron chi connectivity index (χ0n) is 11.4. The van der Waals surface area contributed by atoms with E-state index in [-0.39, 0.29) is 12.0 Å². The van der Waals surface area contributed by atoms with E-state index in [4.69, 9.17) is 9.47 Å². The second-order valence-corrected chi connectivity index (χ2v) is 4.75. The highest BCUT2D eigenvalue weighted by Gasteiger charge is 2.25. The lowest BCUT2D eigenvalue weighted by Crippen LogP contribution is -2.30. The van der Waals surface area contributed by atoms with Crippen LogP contribution in [0.1, 0.15) is 19.3 Å². The Balaban J connectivity index is 1.62. The maximum atomic E-state index is 11.9. The van der Waals surface area contributed by atoms with Gasteiger partial charge < -0.3 is 14.4 Å². The molecule has 1 aliphatic rings. The third-order valence-electron chi connectivity index (χ3n) is 3.38. The molecule has 4 heteroatoms. The van der Waals surface area contributed by atoms with Crippen molar-refractivity contribution in [3.8, 4) is 5.75 Å². The van der Waals surface area contributed by atoms with Crippen molar-refractivity contribution in [2.24, 2.45) is 0 Å². The fraction of sp³-hybridized carbons (Fsp3) is 0.533. The Kier molecular flexibility index (Phi) is 5.21. The number of hydrogen-bond donors (Lipinski definition) is 0. The van der Waals surface area contributed by atoms with Gasteiger partial charge in [-0.15, -0.1) is 0 Å². The van der Waals surface area contributed by atoms with Crippen LogP contribution >= 0.6 is 0 Å². The highest BCUT2D eigenvalue weighted by atomic mass is 16.5. The van der Waals surface area contributed by atoms with Gasteiger partial charge in [0, 0.05) is 26.6 Å². The Morgan fingerprint density at radius 1 is 1.37 bits per heavy atom. The highest BCUT2D eigenvalue weighted by Crippen LogP contribution is 2.14. The van der Waals surface area contributed by atoms with Crippen LogP contribution in [0.2, 0.25) is 0 Å². The molecule has 0 aromatic heterocycles. The molecule has 0 spiro atoms. The molecule has 1 aliphatic heterocycles. The summed E-state index contributed by atoms with van der Waals surface area (Å²) in [5.41, 5.74) is 0. The van der Waals surface area contributed by atoms with Gasteiger partial charge in [0.05, 0.1) is 12.7 Å². The summed E-state index contributed by atoms with van der Waals surface area (Å²) in [5.74, 6) is 1.06. The molecule has 19 heavy (non-hydrogen) atoms. The molecule has 4 nitrogen and oxygen atoms in total. The highest BCUT2D eigenvalue weighted by molar-refractivity contribution is 5.76.